The van der Waals surface area contributed by atoms with Gasteiger partial charge in [-0.2, -0.15) is 4.98 Å². The number of imide groups is 1. The summed E-state index contributed by atoms with van der Waals surface area (Å²) >= 11 is 0. The summed E-state index contributed by atoms with van der Waals surface area (Å²) in [4.78, 5) is 60.4. The first kappa shape index (κ1) is 44.9. The highest BCUT2D eigenvalue weighted by Crippen LogP contribution is 2.41. The van der Waals surface area contributed by atoms with Gasteiger partial charge in [0.15, 0.2) is 0 Å². The highest BCUT2D eigenvalue weighted by Gasteiger charge is 2.40. The summed E-state index contributed by atoms with van der Waals surface area (Å²) in [6.07, 6.45) is 8.24. The lowest BCUT2D eigenvalue weighted by molar-refractivity contribution is -0.136. The number of oxazole rings is 1. The van der Waals surface area contributed by atoms with Crippen LogP contribution in [0.3, 0.4) is 0 Å². The van der Waals surface area contributed by atoms with Crippen molar-refractivity contribution in [3.05, 3.63) is 89.9 Å². The molecule has 17 nitrogen and oxygen atoms in total. The van der Waals surface area contributed by atoms with E-state index in [4.69, 9.17) is 18.9 Å². The molecule has 4 aliphatic rings. The molecule has 0 radical (unpaired) electrons. The Balaban J connectivity index is 0.791. The van der Waals surface area contributed by atoms with E-state index >= 15 is 0 Å². The zero-order valence-corrected chi connectivity index (χ0v) is 38.8. The minimum atomic E-state index is -2.61. The smallest absolute Gasteiger partial charge is 0.255 e. The maximum Gasteiger partial charge on any atom is 0.255 e. The second kappa shape index (κ2) is 19.3. The van der Waals surface area contributed by atoms with Crippen LogP contribution >= 0.6 is 7.14 Å². The number of nitrogens with one attached hydrogen (secondary N) is 3. The number of hydrogen-bond acceptors (Lipinski definition) is 15. The van der Waals surface area contributed by atoms with Crippen LogP contribution in [0.2, 0.25) is 0 Å². The molecule has 3 aromatic carbocycles. The molecule has 3 N–H and O–H groups in total. The largest absolute Gasteiger partial charge is 0.494 e. The van der Waals surface area contributed by atoms with Crippen molar-refractivity contribution in [3.8, 4) is 23.0 Å². The number of hydrogen-bond donors (Lipinski definition) is 3. The number of anilines is 5. The van der Waals surface area contributed by atoms with Gasteiger partial charge in [0.25, 0.3) is 5.91 Å². The van der Waals surface area contributed by atoms with E-state index in [0.29, 0.717) is 76.9 Å². The number of carbonyl (C=O) groups is 3. The van der Waals surface area contributed by atoms with Crippen molar-refractivity contribution in [1.29, 1.82) is 0 Å². The molecule has 3 fully saturated rings. The average Bonchev–Trinajstić information content (AvgIpc) is 3.98. The van der Waals surface area contributed by atoms with E-state index in [1.54, 1.807) is 43.8 Å². The molecule has 0 aliphatic carbocycles. The SMILES string of the molecule is CCc1cc(Nc2ncc(-c3ncco3)c(Nc3ccccc3P(C)(C)=O)n2)c(OC)cc1N1CCC(N2CCN(CCOc3cccc4c3CN(C3CCC(=O)NC3=O)C4=O)CC2)CC1. The van der Waals surface area contributed by atoms with Gasteiger partial charge in [0.2, 0.25) is 23.7 Å². The van der Waals surface area contributed by atoms with Gasteiger partial charge in [0, 0.05) is 92.7 Å². The second-order valence-corrected chi connectivity index (χ2v) is 20.8. The lowest BCUT2D eigenvalue weighted by atomic mass is 9.99. The number of fused-ring (bicyclic) bond motifs is 1. The summed E-state index contributed by atoms with van der Waals surface area (Å²) in [6, 6.07) is 17.1. The fourth-order valence-electron chi connectivity index (χ4n) is 9.61. The van der Waals surface area contributed by atoms with Crippen LogP contribution < -0.4 is 35.6 Å². The molecule has 4 aliphatic heterocycles. The summed E-state index contributed by atoms with van der Waals surface area (Å²) < 4.78 is 31.1. The molecule has 3 saturated heterocycles. The Bertz CT molecular complexity index is 2640. The summed E-state index contributed by atoms with van der Waals surface area (Å²) in [5, 5.41) is 9.88. The van der Waals surface area contributed by atoms with Crippen LogP contribution in [0.25, 0.3) is 11.5 Å². The number of methoxy groups -OCH3 is 1. The molecule has 6 heterocycles. The van der Waals surface area contributed by atoms with Crippen LogP contribution in [0.4, 0.5) is 28.8 Å². The first-order valence-electron chi connectivity index (χ1n) is 22.7. The third-order valence-electron chi connectivity index (χ3n) is 13.1. The maximum atomic E-state index is 13.2. The van der Waals surface area contributed by atoms with Gasteiger partial charge < -0.3 is 38.9 Å². The van der Waals surface area contributed by atoms with Gasteiger partial charge >= 0.3 is 0 Å². The quantitative estimate of drug-likeness (QED) is 0.0836. The molecule has 66 heavy (non-hydrogen) atoms. The summed E-state index contributed by atoms with van der Waals surface area (Å²) in [5.41, 5.74) is 5.71. The Labute approximate surface area is 384 Å². The van der Waals surface area contributed by atoms with Crippen LogP contribution in [0.1, 0.15) is 54.1 Å². The first-order chi connectivity index (χ1) is 32.0. The Morgan fingerprint density at radius 1 is 0.894 bits per heavy atom. The van der Waals surface area contributed by atoms with Crippen LogP contribution in [-0.2, 0) is 27.1 Å². The molecule has 18 heteroatoms. The summed E-state index contributed by atoms with van der Waals surface area (Å²) in [7, 11) is -0.942. The molecule has 2 aromatic heterocycles. The molecule has 5 aromatic rings. The number of benzene rings is 3. The first-order valence-corrected chi connectivity index (χ1v) is 25.3. The number of carbonyl (C=O) groups excluding carboxylic acids is 3. The van der Waals surface area contributed by atoms with Crippen LogP contribution in [0, 0.1) is 0 Å². The standard InChI is InChI=1S/C48H57N10O7P/c1-5-31-27-37(52-48-50-29-34(46-49-17-25-65-46)44(54-48)51-36-10-6-7-12-42(36)66(3,4)62)41(63-2)28-39(31)57-18-15-32(16-19-57)56-22-20-55(21-23-56)24-26-64-40-11-8-9-33-35(40)30-58(47(33)61)38-13-14-43(59)53-45(38)60/h6-12,17,25,27-29,32,38H,5,13-16,18-24,26,30H2,1-4H3,(H,53,59,60)(H2,50,51,52,54). The van der Waals surface area contributed by atoms with Crippen LogP contribution in [-0.4, -0.2) is 132 Å². The van der Waals surface area contributed by atoms with Gasteiger partial charge in [-0.05, 0) is 74.9 Å². The highest BCUT2D eigenvalue weighted by molar-refractivity contribution is 7.70. The number of rotatable bonds is 15. The zero-order chi connectivity index (χ0) is 46.0. The van der Waals surface area contributed by atoms with Gasteiger partial charge in [-0.1, -0.05) is 25.1 Å². The van der Waals surface area contributed by atoms with Crippen molar-refractivity contribution >= 4 is 59.0 Å². The lowest BCUT2D eigenvalue weighted by Gasteiger charge is -2.43. The highest BCUT2D eigenvalue weighted by atomic mass is 31.2. The van der Waals surface area contributed by atoms with E-state index in [1.165, 1.54) is 17.5 Å². The van der Waals surface area contributed by atoms with E-state index in [0.717, 1.165) is 76.3 Å². The van der Waals surface area contributed by atoms with E-state index in [9.17, 15) is 18.9 Å². The second-order valence-electron chi connectivity index (χ2n) is 17.6. The molecule has 1 atom stereocenters. The number of ether oxygens (including phenoxy) is 2. The van der Waals surface area contributed by atoms with E-state index in [1.807, 2.05) is 36.4 Å². The van der Waals surface area contributed by atoms with Crippen LogP contribution in [0.15, 0.2) is 77.7 Å². The predicted octanol–water partition coefficient (Wildman–Crippen LogP) is 5.86. The number of piperazine rings is 1. The van der Waals surface area contributed by atoms with Crippen molar-refractivity contribution in [2.75, 3.05) is 88.4 Å². The van der Waals surface area contributed by atoms with Crippen LogP contribution in [0.5, 0.6) is 11.5 Å². The molecular weight excluding hydrogens is 860 g/mol. The third kappa shape index (κ3) is 9.51. The van der Waals surface area contributed by atoms with Crippen molar-refractivity contribution < 1.29 is 32.8 Å². The topological polar surface area (TPSA) is 188 Å². The van der Waals surface area contributed by atoms with Crippen molar-refractivity contribution in [1.82, 2.24) is 35.0 Å². The number of nitrogens with zero attached hydrogens (tertiary/aromatic N) is 7. The zero-order valence-electron chi connectivity index (χ0n) is 37.9. The van der Waals surface area contributed by atoms with Gasteiger partial charge in [-0.15, -0.1) is 0 Å². The van der Waals surface area contributed by atoms with Crippen molar-refractivity contribution in [3.63, 3.8) is 0 Å². The number of amides is 3. The summed E-state index contributed by atoms with van der Waals surface area (Å²) in [6.45, 7) is 13.0. The fourth-order valence-corrected chi connectivity index (χ4v) is 10.8. The Morgan fingerprint density at radius 3 is 2.42 bits per heavy atom. The van der Waals surface area contributed by atoms with Gasteiger partial charge in [-0.3, -0.25) is 29.5 Å². The molecule has 346 valence electrons. The minimum absolute atomic E-state index is 0.197. The fraction of sp³-hybridized carbons (Fsp3) is 0.417. The van der Waals surface area contributed by atoms with Gasteiger partial charge in [-0.25, -0.2) is 9.97 Å². The summed E-state index contributed by atoms with van der Waals surface area (Å²) in [5.74, 6) is 1.60. The molecule has 0 spiro atoms. The number of aromatic nitrogens is 3. The van der Waals surface area contributed by atoms with Crippen molar-refractivity contribution in [2.24, 2.45) is 0 Å². The Morgan fingerprint density at radius 2 is 1.70 bits per heavy atom. The Kier molecular flexibility index (Phi) is 13.1. The number of piperidine rings is 2. The van der Waals surface area contributed by atoms with E-state index in [2.05, 4.69) is 59.7 Å². The molecule has 0 bridgehead atoms. The molecular formula is C48H57N10O7P. The lowest BCUT2D eigenvalue weighted by Crippen LogP contribution is -2.53. The monoisotopic (exact) mass is 916 g/mol. The molecule has 9 rings (SSSR count). The van der Waals surface area contributed by atoms with Gasteiger partial charge in [0.05, 0.1) is 36.8 Å². The number of aryl methyl sites for hydroxylation is 1. The minimum Gasteiger partial charge on any atom is -0.494 e. The predicted molar refractivity (Wildman–Crippen MR) is 253 cm³/mol. The van der Waals surface area contributed by atoms with Crippen molar-refractivity contribution in [2.45, 2.75) is 57.7 Å². The van der Waals surface area contributed by atoms with E-state index in [-0.39, 0.29) is 18.2 Å². The van der Waals surface area contributed by atoms with E-state index < -0.39 is 19.1 Å². The Hall–Kier alpha value is -6.29. The third-order valence-corrected chi connectivity index (χ3v) is 14.7. The normalized spacial score (nSPS) is 18.6. The maximum absolute atomic E-state index is 13.2. The molecule has 3 amide bonds. The average molecular weight is 917 g/mol. The molecule has 0 saturated carbocycles. The number of para-hydroxylation sites is 1. The molecule has 1 unspecified atom stereocenters. The van der Waals surface area contributed by atoms with Gasteiger partial charge in [0.1, 0.15) is 43.4 Å².